The lowest BCUT2D eigenvalue weighted by Crippen LogP contribution is -2.25. The van der Waals surface area contributed by atoms with E-state index in [1.165, 1.54) is 6.26 Å². The highest BCUT2D eigenvalue weighted by molar-refractivity contribution is 5.94. The summed E-state index contributed by atoms with van der Waals surface area (Å²) in [6, 6.07) is 0. The fourth-order valence-electron chi connectivity index (χ4n) is 1.45. The van der Waals surface area contributed by atoms with Gasteiger partial charge in [0.1, 0.15) is 12.0 Å². The molecule has 12 heavy (non-hydrogen) atoms. The van der Waals surface area contributed by atoms with Gasteiger partial charge in [-0.15, -0.1) is 0 Å². The number of carbonyl (C=O) groups is 1. The molecule has 2 heterocycles. The molecule has 0 unspecified atom stereocenters. The highest BCUT2D eigenvalue weighted by atomic mass is 16.3. The minimum atomic E-state index is -0.413. The van der Waals surface area contributed by atoms with E-state index >= 15 is 0 Å². The van der Waals surface area contributed by atoms with Crippen molar-refractivity contribution in [2.45, 2.75) is 13.0 Å². The van der Waals surface area contributed by atoms with Crippen molar-refractivity contribution in [2.24, 2.45) is 5.73 Å². The van der Waals surface area contributed by atoms with Crippen molar-refractivity contribution in [3.8, 4) is 0 Å². The third kappa shape index (κ3) is 1.00. The number of nitrogens with two attached hydrogens (primary N) is 1. The Hall–Kier alpha value is -1.29. The Morgan fingerprint density at radius 2 is 2.50 bits per heavy atom. The lowest BCUT2D eigenvalue weighted by atomic mass is 10.1. The molecule has 4 heteroatoms. The van der Waals surface area contributed by atoms with E-state index in [1.807, 2.05) is 0 Å². The van der Waals surface area contributed by atoms with Gasteiger partial charge >= 0.3 is 0 Å². The van der Waals surface area contributed by atoms with E-state index in [9.17, 15) is 4.79 Å². The van der Waals surface area contributed by atoms with Crippen LogP contribution >= 0.6 is 0 Å². The van der Waals surface area contributed by atoms with E-state index in [0.717, 1.165) is 24.3 Å². The van der Waals surface area contributed by atoms with Gasteiger partial charge in [-0.3, -0.25) is 4.79 Å². The van der Waals surface area contributed by atoms with E-state index in [4.69, 9.17) is 10.2 Å². The Labute approximate surface area is 69.7 Å². The second kappa shape index (κ2) is 2.64. The van der Waals surface area contributed by atoms with Crippen molar-refractivity contribution in [1.29, 1.82) is 0 Å². The van der Waals surface area contributed by atoms with E-state index in [2.05, 4.69) is 5.32 Å². The van der Waals surface area contributed by atoms with Gasteiger partial charge in [-0.2, -0.15) is 0 Å². The first kappa shape index (κ1) is 7.36. The monoisotopic (exact) mass is 166 g/mol. The van der Waals surface area contributed by atoms with Gasteiger partial charge in [-0.25, -0.2) is 0 Å². The van der Waals surface area contributed by atoms with Crippen LogP contribution in [-0.4, -0.2) is 12.5 Å². The zero-order valence-corrected chi connectivity index (χ0v) is 6.59. The highest BCUT2D eigenvalue weighted by Gasteiger charge is 2.19. The second-order valence-corrected chi connectivity index (χ2v) is 2.84. The molecule has 2 rings (SSSR count). The third-order valence-electron chi connectivity index (χ3n) is 2.08. The SMILES string of the molecule is NC(=O)c1coc2c1CNCC2. The number of furan rings is 1. The molecule has 0 fully saturated rings. The van der Waals surface area contributed by atoms with Crippen molar-refractivity contribution < 1.29 is 9.21 Å². The van der Waals surface area contributed by atoms with Gasteiger partial charge in [-0.1, -0.05) is 0 Å². The molecule has 0 aromatic carbocycles. The van der Waals surface area contributed by atoms with Crippen LogP contribution in [0.2, 0.25) is 0 Å². The molecule has 0 saturated carbocycles. The normalized spacial score (nSPS) is 15.7. The Morgan fingerprint density at radius 3 is 3.25 bits per heavy atom. The third-order valence-corrected chi connectivity index (χ3v) is 2.08. The molecule has 1 amide bonds. The topological polar surface area (TPSA) is 68.3 Å². The van der Waals surface area contributed by atoms with Gasteiger partial charge in [0.05, 0.1) is 5.56 Å². The van der Waals surface area contributed by atoms with Crippen LogP contribution in [0.3, 0.4) is 0 Å². The molecule has 0 radical (unpaired) electrons. The van der Waals surface area contributed by atoms with Crippen molar-refractivity contribution in [3.05, 3.63) is 23.2 Å². The fraction of sp³-hybridized carbons (Fsp3) is 0.375. The van der Waals surface area contributed by atoms with Gasteiger partial charge in [0.2, 0.25) is 0 Å². The number of rotatable bonds is 1. The molecular formula is C8H10N2O2. The quantitative estimate of drug-likeness (QED) is 0.618. The lowest BCUT2D eigenvalue weighted by molar-refractivity contribution is 0.0999. The van der Waals surface area contributed by atoms with E-state index < -0.39 is 5.91 Å². The predicted molar refractivity (Wildman–Crippen MR) is 42.6 cm³/mol. The Balaban J connectivity index is 2.44. The second-order valence-electron chi connectivity index (χ2n) is 2.84. The maximum atomic E-state index is 10.9. The van der Waals surface area contributed by atoms with Crippen LogP contribution in [0.15, 0.2) is 10.7 Å². The maximum Gasteiger partial charge on any atom is 0.252 e. The summed E-state index contributed by atoms with van der Waals surface area (Å²) in [7, 11) is 0. The molecule has 0 atom stereocenters. The number of hydrogen-bond acceptors (Lipinski definition) is 3. The first-order valence-electron chi connectivity index (χ1n) is 3.89. The average molecular weight is 166 g/mol. The van der Waals surface area contributed by atoms with Crippen molar-refractivity contribution in [3.63, 3.8) is 0 Å². The zero-order valence-electron chi connectivity index (χ0n) is 6.59. The van der Waals surface area contributed by atoms with Crippen LogP contribution in [0.25, 0.3) is 0 Å². The number of carbonyl (C=O) groups excluding carboxylic acids is 1. The molecule has 1 aliphatic heterocycles. The van der Waals surface area contributed by atoms with Crippen LogP contribution in [0.4, 0.5) is 0 Å². The van der Waals surface area contributed by atoms with Gasteiger partial charge in [0.25, 0.3) is 5.91 Å². The smallest absolute Gasteiger partial charge is 0.252 e. The summed E-state index contributed by atoms with van der Waals surface area (Å²) in [6.07, 6.45) is 2.28. The molecule has 0 saturated heterocycles. The summed E-state index contributed by atoms with van der Waals surface area (Å²) in [6.45, 7) is 1.59. The summed E-state index contributed by atoms with van der Waals surface area (Å²) < 4.78 is 5.21. The molecular weight excluding hydrogens is 156 g/mol. The van der Waals surface area contributed by atoms with Crippen molar-refractivity contribution in [2.75, 3.05) is 6.54 Å². The largest absolute Gasteiger partial charge is 0.468 e. The summed E-state index contributed by atoms with van der Waals surface area (Å²) >= 11 is 0. The molecule has 0 aliphatic carbocycles. The molecule has 3 N–H and O–H groups in total. The maximum absolute atomic E-state index is 10.9. The van der Waals surface area contributed by atoms with Crippen LogP contribution in [-0.2, 0) is 13.0 Å². The summed E-state index contributed by atoms with van der Waals surface area (Å²) in [5.41, 5.74) is 6.59. The summed E-state index contributed by atoms with van der Waals surface area (Å²) in [5.74, 6) is 0.478. The van der Waals surface area contributed by atoms with Gasteiger partial charge in [0, 0.05) is 25.1 Å². The average Bonchev–Trinajstić information content (AvgIpc) is 2.47. The Morgan fingerprint density at radius 1 is 1.67 bits per heavy atom. The molecule has 0 bridgehead atoms. The van der Waals surface area contributed by atoms with Crippen LogP contribution < -0.4 is 11.1 Å². The molecule has 0 spiro atoms. The molecule has 1 aliphatic rings. The van der Waals surface area contributed by atoms with Crippen LogP contribution in [0, 0.1) is 0 Å². The lowest BCUT2D eigenvalue weighted by Gasteiger charge is -2.11. The van der Waals surface area contributed by atoms with Crippen molar-refractivity contribution >= 4 is 5.91 Å². The number of nitrogens with one attached hydrogen (secondary N) is 1. The van der Waals surface area contributed by atoms with E-state index in [0.29, 0.717) is 12.1 Å². The number of hydrogen-bond donors (Lipinski definition) is 2. The molecule has 1 aromatic heterocycles. The summed E-state index contributed by atoms with van der Waals surface area (Å²) in [4.78, 5) is 10.9. The van der Waals surface area contributed by atoms with Crippen LogP contribution in [0.1, 0.15) is 21.7 Å². The Kier molecular flexibility index (Phi) is 1.62. The zero-order chi connectivity index (χ0) is 8.55. The minimum Gasteiger partial charge on any atom is -0.468 e. The van der Waals surface area contributed by atoms with Gasteiger partial charge in [0.15, 0.2) is 0 Å². The first-order chi connectivity index (χ1) is 5.79. The summed E-state index contributed by atoms with van der Waals surface area (Å²) in [5, 5.41) is 3.15. The number of primary amides is 1. The number of amides is 1. The van der Waals surface area contributed by atoms with Crippen molar-refractivity contribution in [1.82, 2.24) is 5.32 Å². The fourth-order valence-corrected chi connectivity index (χ4v) is 1.45. The Bertz CT molecular complexity index is 317. The standard InChI is InChI=1S/C8H10N2O2/c9-8(11)6-4-12-7-1-2-10-3-5(6)7/h4,10H,1-3H2,(H2,9,11). The first-order valence-corrected chi connectivity index (χ1v) is 3.89. The molecule has 4 nitrogen and oxygen atoms in total. The predicted octanol–water partition coefficient (Wildman–Crippen LogP) is 0.0242. The number of fused-ring (bicyclic) bond motifs is 1. The van der Waals surface area contributed by atoms with Crippen LogP contribution in [0.5, 0.6) is 0 Å². The van der Waals surface area contributed by atoms with Gasteiger partial charge < -0.3 is 15.5 Å². The minimum absolute atomic E-state index is 0.413. The van der Waals surface area contributed by atoms with E-state index in [-0.39, 0.29) is 0 Å². The highest BCUT2D eigenvalue weighted by Crippen LogP contribution is 2.19. The van der Waals surface area contributed by atoms with E-state index in [1.54, 1.807) is 0 Å². The van der Waals surface area contributed by atoms with Gasteiger partial charge in [-0.05, 0) is 0 Å². The molecule has 64 valence electrons. The molecule has 1 aromatic rings.